The molecular weight excluding hydrogens is 343 g/mol. The molecule has 2 aromatic carbocycles. The fourth-order valence-corrected chi connectivity index (χ4v) is 2.96. The van der Waals surface area contributed by atoms with Crippen LogP contribution in [0.15, 0.2) is 53.9 Å². The topological polar surface area (TPSA) is 62.3 Å². The lowest BCUT2D eigenvalue weighted by molar-refractivity contribution is -0.137. The van der Waals surface area contributed by atoms with E-state index in [-0.39, 0.29) is 11.5 Å². The Labute approximate surface area is 148 Å². The van der Waals surface area contributed by atoms with Crippen LogP contribution in [-0.4, -0.2) is 14.1 Å². The third kappa shape index (κ3) is 3.06. The number of anilines is 1. The third-order valence-corrected chi connectivity index (χ3v) is 4.27. The van der Waals surface area contributed by atoms with Crippen LogP contribution < -0.4 is 15.4 Å². The van der Waals surface area contributed by atoms with Gasteiger partial charge in [-0.05, 0) is 17.7 Å². The number of benzene rings is 2. The van der Waals surface area contributed by atoms with Gasteiger partial charge in [0.05, 0.1) is 11.5 Å². The molecule has 0 amide bonds. The van der Waals surface area contributed by atoms with Gasteiger partial charge in [-0.25, -0.2) is 0 Å². The van der Waals surface area contributed by atoms with E-state index in [1.165, 1.54) is 6.07 Å². The van der Waals surface area contributed by atoms with Gasteiger partial charge in [0.2, 0.25) is 5.88 Å². The van der Waals surface area contributed by atoms with Crippen LogP contribution in [0.2, 0.25) is 0 Å². The van der Waals surface area contributed by atoms with Crippen LogP contribution in [0.25, 0.3) is 0 Å². The first-order valence-corrected chi connectivity index (χ1v) is 7.78. The molecule has 0 fully saturated rings. The van der Waals surface area contributed by atoms with E-state index in [9.17, 15) is 18.4 Å². The van der Waals surface area contributed by atoms with Crippen LogP contribution in [0.4, 0.5) is 18.9 Å². The highest BCUT2D eigenvalue weighted by Crippen LogP contribution is 2.44. The fraction of sp³-hybridized carbons (Fsp3) is 0.211. The van der Waals surface area contributed by atoms with E-state index in [0.29, 0.717) is 16.9 Å². The maximum absolute atomic E-state index is 13.1. The average Bonchev–Trinajstić information content (AvgIpc) is 2.59. The van der Waals surface area contributed by atoms with Crippen molar-refractivity contribution >= 4 is 5.69 Å². The molecule has 0 aromatic heterocycles. The molecule has 0 aliphatic carbocycles. The summed E-state index contributed by atoms with van der Waals surface area (Å²) in [6, 6.07) is 12.2. The molecule has 134 valence electrons. The second-order valence-corrected chi connectivity index (χ2v) is 6.16. The molecule has 1 aliphatic heterocycles. The van der Waals surface area contributed by atoms with Crippen LogP contribution in [-0.2, 0) is 6.18 Å². The predicted octanol–water partition coefficient (Wildman–Crippen LogP) is 3.99. The molecule has 4 nitrogen and oxygen atoms in total. The minimum atomic E-state index is -4.47. The quantitative estimate of drug-likeness (QED) is 0.881. The summed E-state index contributed by atoms with van der Waals surface area (Å²) < 4.78 is 44.9. The van der Waals surface area contributed by atoms with Gasteiger partial charge in [0, 0.05) is 31.4 Å². The molecule has 1 heterocycles. The van der Waals surface area contributed by atoms with Crippen LogP contribution >= 0.6 is 0 Å². The van der Waals surface area contributed by atoms with Crippen molar-refractivity contribution in [2.45, 2.75) is 12.1 Å². The van der Waals surface area contributed by atoms with Crippen LogP contribution in [0.3, 0.4) is 0 Å². The molecule has 3 rings (SSSR count). The van der Waals surface area contributed by atoms with Crippen molar-refractivity contribution in [1.82, 2.24) is 0 Å². The number of nitriles is 1. The van der Waals surface area contributed by atoms with Gasteiger partial charge in [0.15, 0.2) is 0 Å². The molecular formula is C19H16F3N3O. The summed E-state index contributed by atoms with van der Waals surface area (Å²) in [5.74, 6) is -0.393. The van der Waals surface area contributed by atoms with Gasteiger partial charge >= 0.3 is 6.18 Å². The Balaban J connectivity index is 2.19. The zero-order valence-electron chi connectivity index (χ0n) is 14.1. The molecule has 26 heavy (non-hydrogen) atoms. The van der Waals surface area contributed by atoms with Gasteiger partial charge in [-0.15, -0.1) is 0 Å². The number of hydrogen-bond acceptors (Lipinski definition) is 4. The van der Waals surface area contributed by atoms with Gasteiger partial charge < -0.3 is 15.4 Å². The lowest BCUT2D eigenvalue weighted by atomic mass is 9.83. The zero-order valence-corrected chi connectivity index (χ0v) is 14.1. The summed E-state index contributed by atoms with van der Waals surface area (Å²) in [4.78, 5) is 1.86. The van der Waals surface area contributed by atoms with E-state index in [4.69, 9.17) is 10.5 Å². The second-order valence-electron chi connectivity index (χ2n) is 6.16. The first-order valence-electron chi connectivity index (χ1n) is 7.78. The van der Waals surface area contributed by atoms with E-state index < -0.39 is 17.7 Å². The molecule has 1 unspecified atom stereocenters. The van der Waals surface area contributed by atoms with Gasteiger partial charge in [0.1, 0.15) is 17.4 Å². The SMILES string of the molecule is CN(C)c1ccc2c(c1)OC(N)=C(C#N)C2c1cccc(C(F)(F)F)c1. The molecule has 1 atom stereocenters. The number of allylic oxidation sites excluding steroid dienone is 1. The largest absolute Gasteiger partial charge is 0.440 e. The van der Waals surface area contributed by atoms with Crippen molar-refractivity contribution in [3.8, 4) is 11.8 Å². The number of halogens is 3. The molecule has 0 saturated heterocycles. The van der Waals surface area contributed by atoms with Gasteiger partial charge in [-0.3, -0.25) is 0 Å². The van der Waals surface area contributed by atoms with Crippen LogP contribution in [0.1, 0.15) is 22.6 Å². The molecule has 0 radical (unpaired) electrons. The highest BCUT2D eigenvalue weighted by atomic mass is 19.4. The molecule has 7 heteroatoms. The molecule has 0 saturated carbocycles. The maximum Gasteiger partial charge on any atom is 0.416 e. The third-order valence-electron chi connectivity index (χ3n) is 4.27. The first kappa shape index (κ1) is 17.7. The highest BCUT2D eigenvalue weighted by Gasteiger charge is 2.34. The summed E-state index contributed by atoms with van der Waals surface area (Å²) >= 11 is 0. The summed E-state index contributed by atoms with van der Waals surface area (Å²) in [6.45, 7) is 0. The number of nitrogens with zero attached hydrogens (tertiary/aromatic N) is 2. The van der Waals surface area contributed by atoms with E-state index in [1.54, 1.807) is 18.2 Å². The smallest absolute Gasteiger partial charge is 0.416 e. The zero-order chi connectivity index (χ0) is 19.1. The van der Waals surface area contributed by atoms with Crippen LogP contribution in [0.5, 0.6) is 5.75 Å². The number of hydrogen-bond donors (Lipinski definition) is 1. The Morgan fingerprint density at radius 3 is 2.50 bits per heavy atom. The highest BCUT2D eigenvalue weighted by molar-refractivity contribution is 5.61. The molecule has 2 aromatic rings. The molecule has 0 bridgehead atoms. The van der Waals surface area contributed by atoms with Crippen molar-refractivity contribution in [3.63, 3.8) is 0 Å². The summed E-state index contributed by atoms with van der Waals surface area (Å²) in [7, 11) is 3.71. The lowest BCUT2D eigenvalue weighted by Gasteiger charge is -2.28. The van der Waals surface area contributed by atoms with Gasteiger partial charge in [-0.2, -0.15) is 18.4 Å². The summed E-state index contributed by atoms with van der Waals surface area (Å²) in [5.41, 5.74) is 6.98. The Hall–Kier alpha value is -3.14. The Kier molecular flexibility index (Phi) is 4.28. The number of fused-ring (bicyclic) bond motifs is 1. The Morgan fingerprint density at radius 1 is 1.15 bits per heavy atom. The summed E-state index contributed by atoms with van der Waals surface area (Å²) in [6.07, 6.45) is -4.47. The van der Waals surface area contributed by atoms with Crippen molar-refractivity contribution in [3.05, 3.63) is 70.6 Å². The second kappa shape index (κ2) is 6.30. The maximum atomic E-state index is 13.1. The summed E-state index contributed by atoms with van der Waals surface area (Å²) in [5, 5.41) is 9.49. The predicted molar refractivity (Wildman–Crippen MR) is 91.5 cm³/mol. The van der Waals surface area contributed by atoms with E-state index >= 15 is 0 Å². The Bertz CT molecular complexity index is 926. The van der Waals surface area contributed by atoms with Gasteiger partial charge in [0.25, 0.3) is 0 Å². The Morgan fingerprint density at radius 2 is 1.88 bits per heavy atom. The molecule has 0 spiro atoms. The van der Waals surface area contributed by atoms with E-state index in [0.717, 1.165) is 17.8 Å². The standard InChI is InChI=1S/C19H16F3N3O/c1-25(2)13-6-7-14-16(9-13)26-18(24)15(10-23)17(14)11-4-3-5-12(8-11)19(20,21)22/h3-9,17H,24H2,1-2H3. The normalized spacial score (nSPS) is 16.5. The number of nitrogens with two attached hydrogens (primary N) is 1. The van der Waals surface area contributed by atoms with Crippen molar-refractivity contribution in [1.29, 1.82) is 5.26 Å². The monoisotopic (exact) mass is 359 g/mol. The van der Waals surface area contributed by atoms with Crippen molar-refractivity contribution in [2.75, 3.05) is 19.0 Å². The van der Waals surface area contributed by atoms with E-state index in [2.05, 4.69) is 0 Å². The minimum Gasteiger partial charge on any atom is -0.440 e. The fourth-order valence-electron chi connectivity index (χ4n) is 2.96. The van der Waals surface area contributed by atoms with Crippen molar-refractivity contribution in [2.24, 2.45) is 5.73 Å². The van der Waals surface area contributed by atoms with E-state index in [1.807, 2.05) is 31.1 Å². The van der Waals surface area contributed by atoms with Gasteiger partial charge in [-0.1, -0.05) is 24.3 Å². The lowest BCUT2D eigenvalue weighted by Crippen LogP contribution is -2.22. The first-order chi connectivity index (χ1) is 12.2. The molecule has 1 aliphatic rings. The van der Waals surface area contributed by atoms with Crippen LogP contribution in [0, 0.1) is 11.3 Å². The number of alkyl halides is 3. The molecule has 2 N–H and O–H groups in total. The van der Waals surface area contributed by atoms with Crippen molar-refractivity contribution < 1.29 is 17.9 Å². The average molecular weight is 359 g/mol. The number of ether oxygens (including phenoxy) is 1. The number of rotatable bonds is 2. The minimum absolute atomic E-state index is 0.0921.